The lowest BCUT2D eigenvalue weighted by Gasteiger charge is -2.25. The molecule has 1 atom stereocenters. The molecule has 0 radical (unpaired) electrons. The predicted molar refractivity (Wildman–Crippen MR) is 76.2 cm³/mol. The van der Waals surface area contributed by atoms with Gasteiger partial charge in [0.05, 0.1) is 6.42 Å². The highest BCUT2D eigenvalue weighted by atomic mass is 16.4. The zero-order chi connectivity index (χ0) is 15.1. The van der Waals surface area contributed by atoms with Gasteiger partial charge in [0.2, 0.25) is 0 Å². The second-order valence-corrected chi connectivity index (χ2v) is 6.28. The predicted octanol–water partition coefficient (Wildman–Crippen LogP) is 2.75. The lowest BCUT2D eigenvalue weighted by Crippen LogP contribution is -2.51. The number of hydrogen-bond donors (Lipinski definition) is 3. The van der Waals surface area contributed by atoms with E-state index in [0.29, 0.717) is 5.92 Å². The summed E-state index contributed by atoms with van der Waals surface area (Å²) >= 11 is 0. The van der Waals surface area contributed by atoms with E-state index in [4.69, 9.17) is 5.11 Å². The molecule has 0 aromatic carbocycles. The molecule has 112 valence electrons. The van der Waals surface area contributed by atoms with Crippen LogP contribution in [0.25, 0.3) is 0 Å². The number of hydrogen-bond acceptors (Lipinski definition) is 2. The lowest BCUT2D eigenvalue weighted by atomic mass is 10.0. The smallest absolute Gasteiger partial charge is 0.315 e. The minimum Gasteiger partial charge on any atom is -0.481 e. The number of rotatable bonds is 8. The normalized spacial score (nSPS) is 13.2. The van der Waals surface area contributed by atoms with Crippen LogP contribution < -0.4 is 10.6 Å². The van der Waals surface area contributed by atoms with Crippen LogP contribution in [0.3, 0.4) is 0 Å². The molecule has 0 spiro atoms. The van der Waals surface area contributed by atoms with Crippen molar-refractivity contribution in [1.29, 1.82) is 0 Å². The van der Waals surface area contributed by atoms with Gasteiger partial charge < -0.3 is 15.7 Å². The molecule has 0 fully saturated rings. The molecule has 5 nitrogen and oxygen atoms in total. The highest BCUT2D eigenvalue weighted by Crippen LogP contribution is 2.09. The van der Waals surface area contributed by atoms with Crippen molar-refractivity contribution in [2.75, 3.05) is 0 Å². The van der Waals surface area contributed by atoms with Gasteiger partial charge in [0, 0.05) is 11.6 Å². The first-order valence-corrected chi connectivity index (χ1v) is 6.93. The van der Waals surface area contributed by atoms with E-state index in [1.807, 2.05) is 6.92 Å². The van der Waals surface area contributed by atoms with E-state index in [9.17, 15) is 9.59 Å². The van der Waals surface area contributed by atoms with E-state index in [0.717, 1.165) is 19.3 Å². The largest absolute Gasteiger partial charge is 0.481 e. The zero-order valence-corrected chi connectivity index (χ0v) is 12.7. The van der Waals surface area contributed by atoms with Crippen LogP contribution in [0.4, 0.5) is 4.79 Å². The number of carboxylic acids is 1. The molecule has 2 amide bonds. The number of urea groups is 1. The van der Waals surface area contributed by atoms with Gasteiger partial charge in [-0.25, -0.2) is 4.79 Å². The Morgan fingerprint density at radius 1 is 1.16 bits per heavy atom. The molecule has 0 heterocycles. The van der Waals surface area contributed by atoms with Crippen LogP contribution in [-0.4, -0.2) is 28.7 Å². The topological polar surface area (TPSA) is 78.4 Å². The standard InChI is InChI=1S/C14H28N2O3/c1-10(2)7-6-8-11(3)15-13(19)16-14(4,5)9-12(17)18/h10-11H,6-9H2,1-5H3,(H,17,18)(H2,15,16,19). The maximum atomic E-state index is 11.7. The van der Waals surface area contributed by atoms with E-state index < -0.39 is 11.5 Å². The van der Waals surface area contributed by atoms with Gasteiger partial charge in [-0.1, -0.05) is 26.7 Å². The number of carbonyl (C=O) groups excluding carboxylic acids is 1. The highest BCUT2D eigenvalue weighted by Gasteiger charge is 2.24. The van der Waals surface area contributed by atoms with Crippen molar-refractivity contribution in [2.24, 2.45) is 5.92 Å². The summed E-state index contributed by atoms with van der Waals surface area (Å²) in [5.74, 6) is -0.245. The minimum absolute atomic E-state index is 0.0951. The van der Waals surface area contributed by atoms with Gasteiger partial charge >= 0.3 is 12.0 Å². The van der Waals surface area contributed by atoms with E-state index in [-0.39, 0.29) is 18.5 Å². The number of nitrogens with one attached hydrogen (secondary N) is 2. The van der Waals surface area contributed by atoms with Gasteiger partial charge in [0.25, 0.3) is 0 Å². The fourth-order valence-corrected chi connectivity index (χ4v) is 1.89. The maximum Gasteiger partial charge on any atom is 0.315 e. The summed E-state index contributed by atoms with van der Waals surface area (Å²) in [6, 6.07) is -0.206. The van der Waals surface area contributed by atoms with Crippen LogP contribution in [0.5, 0.6) is 0 Å². The van der Waals surface area contributed by atoms with Crippen molar-refractivity contribution in [3.63, 3.8) is 0 Å². The Morgan fingerprint density at radius 3 is 2.21 bits per heavy atom. The fraction of sp³-hybridized carbons (Fsp3) is 0.857. The van der Waals surface area contributed by atoms with Crippen molar-refractivity contribution in [3.8, 4) is 0 Å². The van der Waals surface area contributed by atoms with Crippen LogP contribution in [0.15, 0.2) is 0 Å². The molecule has 0 saturated carbocycles. The van der Waals surface area contributed by atoms with Gasteiger partial charge in [0.1, 0.15) is 0 Å². The number of carbonyl (C=O) groups is 2. The molecule has 1 unspecified atom stereocenters. The summed E-state index contributed by atoms with van der Waals surface area (Å²) in [4.78, 5) is 22.4. The molecule has 19 heavy (non-hydrogen) atoms. The van der Waals surface area contributed by atoms with E-state index in [1.54, 1.807) is 13.8 Å². The van der Waals surface area contributed by atoms with Crippen molar-refractivity contribution in [2.45, 2.75) is 71.9 Å². The van der Waals surface area contributed by atoms with Crippen LogP contribution in [0.2, 0.25) is 0 Å². The molecule has 0 aromatic heterocycles. The lowest BCUT2D eigenvalue weighted by molar-refractivity contribution is -0.138. The first-order chi connectivity index (χ1) is 8.62. The number of amides is 2. The van der Waals surface area contributed by atoms with E-state index in [2.05, 4.69) is 24.5 Å². The van der Waals surface area contributed by atoms with Crippen LogP contribution in [0, 0.1) is 5.92 Å². The number of aliphatic carboxylic acids is 1. The SMILES string of the molecule is CC(C)CCCC(C)NC(=O)NC(C)(C)CC(=O)O. The maximum absolute atomic E-state index is 11.7. The Kier molecular flexibility index (Phi) is 7.49. The van der Waals surface area contributed by atoms with Crippen LogP contribution >= 0.6 is 0 Å². The molecule has 0 saturated heterocycles. The molecule has 0 aliphatic heterocycles. The van der Waals surface area contributed by atoms with Gasteiger partial charge in [-0.2, -0.15) is 0 Å². The second-order valence-electron chi connectivity index (χ2n) is 6.28. The van der Waals surface area contributed by atoms with Crippen molar-refractivity contribution < 1.29 is 14.7 Å². The van der Waals surface area contributed by atoms with Crippen molar-refractivity contribution in [1.82, 2.24) is 10.6 Å². The summed E-state index contributed by atoms with van der Waals surface area (Å²) in [5, 5.41) is 14.3. The van der Waals surface area contributed by atoms with Gasteiger partial charge in [-0.05, 0) is 33.1 Å². The molecule has 0 bridgehead atoms. The molecule has 0 aliphatic carbocycles. The summed E-state index contributed by atoms with van der Waals surface area (Å²) in [6.07, 6.45) is 3.07. The molecule has 5 heteroatoms. The third-order valence-electron chi connectivity index (χ3n) is 2.84. The average molecular weight is 272 g/mol. The Labute approximate surface area is 116 Å². The highest BCUT2D eigenvalue weighted by molar-refractivity contribution is 5.76. The molecule has 0 rings (SSSR count). The summed E-state index contributed by atoms with van der Waals surface area (Å²) in [6.45, 7) is 9.72. The van der Waals surface area contributed by atoms with Gasteiger partial charge in [-0.3, -0.25) is 4.79 Å². The summed E-state index contributed by atoms with van der Waals surface area (Å²) < 4.78 is 0. The molecular formula is C14H28N2O3. The van der Waals surface area contributed by atoms with Gasteiger partial charge in [0.15, 0.2) is 0 Å². The third-order valence-corrected chi connectivity index (χ3v) is 2.84. The van der Waals surface area contributed by atoms with Crippen molar-refractivity contribution >= 4 is 12.0 Å². The van der Waals surface area contributed by atoms with E-state index in [1.165, 1.54) is 0 Å². The average Bonchev–Trinajstić information content (AvgIpc) is 2.12. The van der Waals surface area contributed by atoms with Crippen LogP contribution in [0.1, 0.15) is 60.3 Å². The Morgan fingerprint density at radius 2 is 1.74 bits per heavy atom. The zero-order valence-electron chi connectivity index (χ0n) is 12.7. The molecular weight excluding hydrogens is 244 g/mol. The summed E-state index contributed by atoms with van der Waals surface area (Å²) in [7, 11) is 0. The fourth-order valence-electron chi connectivity index (χ4n) is 1.89. The minimum atomic E-state index is -0.921. The Bertz CT molecular complexity index is 301. The molecule has 3 N–H and O–H groups in total. The van der Waals surface area contributed by atoms with Gasteiger partial charge in [-0.15, -0.1) is 0 Å². The second kappa shape index (κ2) is 8.02. The monoisotopic (exact) mass is 272 g/mol. The van der Waals surface area contributed by atoms with Crippen molar-refractivity contribution in [3.05, 3.63) is 0 Å². The number of carboxylic acid groups (broad SMARTS) is 1. The third kappa shape index (κ3) is 10.4. The molecule has 0 aliphatic rings. The molecule has 0 aromatic rings. The Balaban J connectivity index is 3.99. The summed E-state index contributed by atoms with van der Waals surface area (Å²) in [5.41, 5.74) is -0.742. The quantitative estimate of drug-likeness (QED) is 0.635. The first-order valence-electron chi connectivity index (χ1n) is 6.93. The Hall–Kier alpha value is -1.26. The first kappa shape index (κ1) is 17.7. The van der Waals surface area contributed by atoms with E-state index >= 15 is 0 Å². The van der Waals surface area contributed by atoms with Crippen LogP contribution in [-0.2, 0) is 4.79 Å².